The van der Waals surface area contributed by atoms with Crippen molar-refractivity contribution in [2.24, 2.45) is 0 Å². The maximum Gasteiger partial charge on any atom is 0.348 e. The molecule has 4 rings (SSSR count). The summed E-state index contributed by atoms with van der Waals surface area (Å²) in [5.41, 5.74) is 1.67. The van der Waals surface area contributed by atoms with Gasteiger partial charge in [0, 0.05) is 16.9 Å². The highest BCUT2D eigenvalue weighted by Crippen LogP contribution is 2.32. The Morgan fingerprint density at radius 2 is 2.06 bits per heavy atom. The third kappa shape index (κ3) is 5.03. The van der Waals surface area contributed by atoms with Crippen LogP contribution in [0.25, 0.3) is 10.2 Å². The molecule has 0 unspecified atom stereocenters. The Bertz CT molecular complexity index is 1450. The minimum absolute atomic E-state index is 0.0475. The van der Waals surface area contributed by atoms with Crippen LogP contribution < -0.4 is 10.3 Å². The smallest absolute Gasteiger partial charge is 0.348 e. The normalized spacial score (nSPS) is 11.1. The number of ketones is 1. The zero-order chi connectivity index (χ0) is 25.1. The van der Waals surface area contributed by atoms with Gasteiger partial charge in [0.25, 0.3) is 5.56 Å². The first-order chi connectivity index (χ1) is 16.8. The molecule has 1 aromatic carbocycles. The van der Waals surface area contributed by atoms with Crippen LogP contribution in [0.5, 0.6) is 5.75 Å². The Morgan fingerprint density at radius 3 is 2.71 bits per heavy atom. The van der Waals surface area contributed by atoms with Crippen molar-refractivity contribution in [1.82, 2.24) is 9.55 Å². The average molecular weight is 513 g/mol. The molecule has 182 valence electrons. The molecule has 0 bridgehead atoms. The summed E-state index contributed by atoms with van der Waals surface area (Å²) in [6, 6.07) is 8.81. The van der Waals surface area contributed by atoms with Crippen molar-refractivity contribution in [3.63, 3.8) is 0 Å². The van der Waals surface area contributed by atoms with Crippen molar-refractivity contribution in [2.75, 3.05) is 13.7 Å². The average Bonchev–Trinajstić information content (AvgIpc) is 3.47. The standard InChI is InChI=1S/C25H24N2O6S2/c1-5-32-24(30)21-14(2)20-22(35-21)26-25(27(23(20)29)12-18-7-6-10-33-18)34-13-17-11-16(15(3)28)8-9-19(17)31-4/h6-11H,5,12-13H2,1-4H3. The Labute approximate surface area is 209 Å². The molecule has 0 aliphatic rings. The molecule has 3 aromatic heterocycles. The number of nitrogens with zero attached hydrogens (tertiary/aromatic N) is 2. The number of benzene rings is 1. The van der Waals surface area contributed by atoms with E-state index in [9.17, 15) is 14.4 Å². The Morgan fingerprint density at radius 1 is 1.26 bits per heavy atom. The number of ether oxygens (including phenoxy) is 2. The van der Waals surface area contributed by atoms with Gasteiger partial charge in [-0.2, -0.15) is 0 Å². The lowest BCUT2D eigenvalue weighted by molar-refractivity contribution is 0.0531. The number of rotatable bonds is 9. The molecule has 35 heavy (non-hydrogen) atoms. The molecule has 0 aliphatic heterocycles. The number of thioether (sulfide) groups is 1. The summed E-state index contributed by atoms with van der Waals surface area (Å²) >= 11 is 2.49. The number of aryl methyl sites for hydroxylation is 1. The lowest BCUT2D eigenvalue weighted by Crippen LogP contribution is -2.23. The third-order valence-electron chi connectivity index (χ3n) is 5.41. The van der Waals surface area contributed by atoms with Crippen LogP contribution in [-0.4, -0.2) is 35.0 Å². The van der Waals surface area contributed by atoms with Gasteiger partial charge in [-0.15, -0.1) is 11.3 Å². The van der Waals surface area contributed by atoms with Gasteiger partial charge in [-0.05, 0) is 56.7 Å². The van der Waals surface area contributed by atoms with Gasteiger partial charge in [-0.1, -0.05) is 11.8 Å². The zero-order valence-corrected chi connectivity index (χ0v) is 21.4. The summed E-state index contributed by atoms with van der Waals surface area (Å²) in [6.07, 6.45) is 1.55. The topological polar surface area (TPSA) is 101 Å². The fourth-order valence-electron chi connectivity index (χ4n) is 3.65. The number of fused-ring (bicyclic) bond motifs is 1. The van der Waals surface area contributed by atoms with Crippen molar-refractivity contribution < 1.29 is 23.5 Å². The van der Waals surface area contributed by atoms with Crippen molar-refractivity contribution in [3.05, 3.63) is 74.3 Å². The number of carbonyl (C=O) groups excluding carboxylic acids is 2. The number of esters is 1. The zero-order valence-electron chi connectivity index (χ0n) is 19.7. The second-order valence-electron chi connectivity index (χ2n) is 7.69. The molecule has 0 saturated heterocycles. The molecule has 10 heteroatoms. The van der Waals surface area contributed by atoms with Gasteiger partial charge >= 0.3 is 5.97 Å². The van der Waals surface area contributed by atoms with Gasteiger partial charge in [-0.3, -0.25) is 14.2 Å². The van der Waals surface area contributed by atoms with Crippen LogP contribution in [0.15, 0.2) is 51.0 Å². The van der Waals surface area contributed by atoms with Crippen LogP contribution in [0.1, 0.15) is 50.8 Å². The predicted molar refractivity (Wildman–Crippen MR) is 135 cm³/mol. The second kappa shape index (κ2) is 10.5. The minimum Gasteiger partial charge on any atom is -0.496 e. The highest BCUT2D eigenvalue weighted by Gasteiger charge is 2.23. The first-order valence-corrected chi connectivity index (χ1v) is 12.7. The number of methoxy groups -OCH3 is 1. The first kappa shape index (κ1) is 24.7. The monoisotopic (exact) mass is 512 g/mol. The summed E-state index contributed by atoms with van der Waals surface area (Å²) in [7, 11) is 1.57. The van der Waals surface area contributed by atoms with Crippen molar-refractivity contribution >= 4 is 45.1 Å². The summed E-state index contributed by atoms with van der Waals surface area (Å²) in [4.78, 5) is 43.5. The van der Waals surface area contributed by atoms with Crippen molar-refractivity contribution in [1.29, 1.82) is 0 Å². The summed E-state index contributed by atoms with van der Waals surface area (Å²) < 4.78 is 17.7. The van der Waals surface area contributed by atoms with Crippen molar-refractivity contribution in [3.8, 4) is 5.75 Å². The predicted octanol–water partition coefficient (Wildman–Crippen LogP) is 5.09. The SMILES string of the molecule is CCOC(=O)c1sc2nc(SCc3cc(C(C)=O)ccc3OC)n(Cc3ccco3)c(=O)c2c1C. The van der Waals surface area contributed by atoms with Gasteiger partial charge in [0.2, 0.25) is 0 Å². The fourth-order valence-corrected chi connectivity index (χ4v) is 5.74. The lowest BCUT2D eigenvalue weighted by Gasteiger charge is -2.13. The van der Waals surface area contributed by atoms with Crippen LogP contribution in [0.4, 0.5) is 0 Å². The molecule has 0 N–H and O–H groups in total. The number of Topliss-reactive ketones (excluding diaryl/α,β-unsaturated/α-hetero) is 1. The molecular formula is C25H24N2O6S2. The Hall–Kier alpha value is -3.37. The van der Waals surface area contributed by atoms with Gasteiger partial charge in [0.05, 0.1) is 31.9 Å². The largest absolute Gasteiger partial charge is 0.496 e. The summed E-state index contributed by atoms with van der Waals surface area (Å²) in [5.74, 6) is 1.14. The summed E-state index contributed by atoms with van der Waals surface area (Å²) in [6.45, 7) is 5.40. The van der Waals surface area contributed by atoms with Gasteiger partial charge < -0.3 is 13.9 Å². The highest BCUT2D eigenvalue weighted by atomic mass is 32.2. The van der Waals surface area contributed by atoms with Gasteiger partial charge in [0.1, 0.15) is 21.2 Å². The minimum atomic E-state index is -0.468. The van der Waals surface area contributed by atoms with E-state index in [0.717, 1.165) is 16.9 Å². The van der Waals surface area contributed by atoms with E-state index in [1.165, 1.54) is 18.7 Å². The molecular weight excluding hydrogens is 488 g/mol. The van der Waals surface area contributed by atoms with E-state index >= 15 is 0 Å². The fraction of sp³-hybridized carbons (Fsp3) is 0.280. The van der Waals surface area contributed by atoms with Crippen LogP contribution in [0.3, 0.4) is 0 Å². The van der Waals surface area contributed by atoms with Crippen molar-refractivity contribution in [2.45, 2.75) is 38.2 Å². The summed E-state index contributed by atoms with van der Waals surface area (Å²) in [5, 5.41) is 0.857. The van der Waals surface area contributed by atoms with E-state index in [2.05, 4.69) is 0 Å². The maximum absolute atomic E-state index is 13.6. The Kier molecular flexibility index (Phi) is 7.42. The van der Waals surface area contributed by atoms with Crippen LogP contribution >= 0.6 is 23.1 Å². The van der Waals surface area contributed by atoms with Gasteiger partial charge in [0.15, 0.2) is 10.9 Å². The molecule has 0 aliphatic carbocycles. The van der Waals surface area contributed by atoms with E-state index in [0.29, 0.717) is 48.6 Å². The van der Waals surface area contributed by atoms with E-state index in [-0.39, 0.29) is 24.5 Å². The molecule has 0 atom stereocenters. The number of thiophene rings is 1. The van der Waals surface area contributed by atoms with Gasteiger partial charge in [-0.25, -0.2) is 9.78 Å². The lowest BCUT2D eigenvalue weighted by atomic mass is 10.1. The molecule has 8 nitrogen and oxygen atoms in total. The molecule has 3 heterocycles. The van der Waals surface area contributed by atoms with E-state index < -0.39 is 5.97 Å². The molecule has 0 radical (unpaired) electrons. The number of hydrogen-bond donors (Lipinski definition) is 0. The van der Waals surface area contributed by atoms with Crippen LogP contribution in [0, 0.1) is 6.92 Å². The third-order valence-corrected chi connectivity index (χ3v) is 7.60. The Balaban J connectivity index is 1.80. The molecule has 0 fully saturated rings. The molecule has 4 aromatic rings. The first-order valence-electron chi connectivity index (χ1n) is 10.9. The number of furan rings is 1. The van der Waals surface area contributed by atoms with E-state index in [4.69, 9.17) is 18.9 Å². The highest BCUT2D eigenvalue weighted by molar-refractivity contribution is 7.98. The van der Waals surface area contributed by atoms with E-state index in [1.807, 2.05) is 0 Å². The molecule has 0 saturated carbocycles. The van der Waals surface area contributed by atoms with Crippen LogP contribution in [0.2, 0.25) is 0 Å². The number of aromatic nitrogens is 2. The number of carbonyl (C=O) groups is 2. The molecule has 0 spiro atoms. The molecule has 0 amide bonds. The maximum atomic E-state index is 13.6. The van der Waals surface area contributed by atoms with E-state index in [1.54, 1.807) is 62.1 Å². The number of hydrogen-bond acceptors (Lipinski definition) is 9. The second-order valence-corrected chi connectivity index (χ2v) is 9.63. The van der Waals surface area contributed by atoms with Crippen LogP contribution in [-0.2, 0) is 17.0 Å². The quantitative estimate of drug-likeness (QED) is 0.132.